The van der Waals surface area contributed by atoms with Crippen molar-refractivity contribution in [3.05, 3.63) is 51.2 Å². The maximum Gasteiger partial charge on any atom is 0.266 e. The number of hydrogen-bond donors (Lipinski definition) is 1. The van der Waals surface area contributed by atoms with Crippen molar-refractivity contribution in [3.8, 4) is 11.3 Å². The molecule has 0 spiro atoms. The zero-order valence-electron chi connectivity index (χ0n) is 9.14. The van der Waals surface area contributed by atoms with Crippen LogP contribution < -0.4 is 11.3 Å². The maximum atomic E-state index is 11.5. The van der Waals surface area contributed by atoms with Crippen LogP contribution in [0.15, 0.2) is 45.7 Å². The molecule has 17 heavy (non-hydrogen) atoms. The number of aromatic nitrogens is 2. The normalized spacial score (nSPS) is 10.5. The zero-order chi connectivity index (χ0) is 12.3. The molecule has 0 radical (unpaired) electrons. The maximum absolute atomic E-state index is 11.5. The molecule has 0 saturated carbocycles. The molecular formula is C12H12BrN3O. The van der Waals surface area contributed by atoms with Gasteiger partial charge in [0, 0.05) is 22.6 Å². The molecule has 1 aromatic heterocycles. The Morgan fingerprint density at radius 1 is 1.24 bits per heavy atom. The fourth-order valence-corrected chi connectivity index (χ4v) is 2.03. The van der Waals surface area contributed by atoms with E-state index in [1.54, 1.807) is 6.07 Å². The van der Waals surface area contributed by atoms with E-state index < -0.39 is 0 Å². The van der Waals surface area contributed by atoms with E-state index in [9.17, 15) is 4.79 Å². The minimum absolute atomic E-state index is 0.133. The molecule has 4 nitrogen and oxygen atoms in total. The third kappa shape index (κ3) is 2.62. The molecule has 1 aromatic carbocycles. The Kier molecular flexibility index (Phi) is 3.71. The van der Waals surface area contributed by atoms with E-state index in [0.717, 1.165) is 15.7 Å². The van der Waals surface area contributed by atoms with Crippen molar-refractivity contribution in [1.29, 1.82) is 0 Å². The van der Waals surface area contributed by atoms with Gasteiger partial charge in [0.05, 0.1) is 12.2 Å². The number of halogens is 1. The quantitative estimate of drug-likeness (QED) is 0.936. The highest BCUT2D eigenvalue weighted by atomic mass is 79.9. The Bertz CT molecular complexity index is 580. The summed E-state index contributed by atoms with van der Waals surface area (Å²) in [5.41, 5.74) is 7.02. The molecule has 2 aromatic rings. The van der Waals surface area contributed by atoms with Gasteiger partial charge in [0.15, 0.2) is 0 Å². The molecule has 0 fully saturated rings. The second-order valence-electron chi connectivity index (χ2n) is 3.55. The number of nitrogens with two attached hydrogens (primary N) is 1. The van der Waals surface area contributed by atoms with Crippen molar-refractivity contribution in [2.24, 2.45) is 5.73 Å². The van der Waals surface area contributed by atoms with E-state index in [1.807, 2.05) is 24.3 Å². The molecule has 1 heterocycles. The smallest absolute Gasteiger partial charge is 0.266 e. The average molecular weight is 294 g/mol. The summed E-state index contributed by atoms with van der Waals surface area (Å²) >= 11 is 3.46. The number of rotatable bonds is 3. The minimum Gasteiger partial charge on any atom is -0.329 e. The standard InChI is InChI=1S/C12H12BrN3O/c13-10-4-2-1-3-9(10)11-5-6-12(17)16(15-11)8-7-14/h1-6H,7-8,14H2. The Morgan fingerprint density at radius 2 is 2.00 bits per heavy atom. The van der Waals surface area contributed by atoms with E-state index in [-0.39, 0.29) is 5.56 Å². The second-order valence-corrected chi connectivity index (χ2v) is 4.40. The predicted octanol–water partition coefficient (Wildman–Crippen LogP) is 1.63. The summed E-state index contributed by atoms with van der Waals surface area (Å²) in [5.74, 6) is 0. The highest BCUT2D eigenvalue weighted by molar-refractivity contribution is 9.10. The van der Waals surface area contributed by atoms with Crippen molar-refractivity contribution >= 4 is 15.9 Å². The van der Waals surface area contributed by atoms with Gasteiger partial charge >= 0.3 is 0 Å². The lowest BCUT2D eigenvalue weighted by Gasteiger charge is -2.07. The molecule has 0 bridgehead atoms. The molecule has 5 heteroatoms. The van der Waals surface area contributed by atoms with Crippen LogP contribution in [0.4, 0.5) is 0 Å². The molecule has 0 amide bonds. The highest BCUT2D eigenvalue weighted by Gasteiger charge is 2.05. The predicted molar refractivity (Wildman–Crippen MR) is 70.7 cm³/mol. The van der Waals surface area contributed by atoms with Crippen LogP contribution in [-0.2, 0) is 6.54 Å². The van der Waals surface area contributed by atoms with Crippen molar-refractivity contribution in [1.82, 2.24) is 9.78 Å². The molecule has 0 atom stereocenters. The van der Waals surface area contributed by atoms with E-state index in [2.05, 4.69) is 21.0 Å². The first kappa shape index (κ1) is 12.0. The molecule has 0 unspecified atom stereocenters. The van der Waals surface area contributed by atoms with E-state index >= 15 is 0 Å². The van der Waals surface area contributed by atoms with Gasteiger partial charge in [0.25, 0.3) is 5.56 Å². The number of nitrogens with zero attached hydrogens (tertiary/aromatic N) is 2. The van der Waals surface area contributed by atoms with Crippen molar-refractivity contribution in [3.63, 3.8) is 0 Å². The lowest BCUT2D eigenvalue weighted by molar-refractivity contribution is 0.590. The minimum atomic E-state index is -0.133. The van der Waals surface area contributed by atoms with Crippen molar-refractivity contribution in [2.75, 3.05) is 6.54 Å². The summed E-state index contributed by atoms with van der Waals surface area (Å²) in [5, 5.41) is 4.29. The summed E-state index contributed by atoms with van der Waals surface area (Å²) in [7, 11) is 0. The molecule has 0 aliphatic heterocycles. The van der Waals surface area contributed by atoms with Gasteiger partial charge < -0.3 is 5.73 Å². The number of benzene rings is 1. The van der Waals surface area contributed by atoms with Gasteiger partial charge in [0.1, 0.15) is 0 Å². The summed E-state index contributed by atoms with van der Waals surface area (Å²) in [6.07, 6.45) is 0. The van der Waals surface area contributed by atoms with Crippen LogP contribution in [0.1, 0.15) is 0 Å². The first-order valence-electron chi connectivity index (χ1n) is 5.25. The highest BCUT2D eigenvalue weighted by Crippen LogP contribution is 2.25. The van der Waals surface area contributed by atoms with Crippen LogP contribution in [0.25, 0.3) is 11.3 Å². The molecule has 0 aliphatic carbocycles. The molecule has 2 N–H and O–H groups in total. The average Bonchev–Trinajstić information content (AvgIpc) is 2.33. The number of hydrogen-bond acceptors (Lipinski definition) is 3. The second kappa shape index (κ2) is 5.25. The fourth-order valence-electron chi connectivity index (χ4n) is 1.54. The van der Waals surface area contributed by atoms with Crippen molar-refractivity contribution in [2.45, 2.75) is 6.54 Å². The van der Waals surface area contributed by atoms with Crippen LogP contribution in [0.2, 0.25) is 0 Å². The van der Waals surface area contributed by atoms with Gasteiger partial charge in [0.2, 0.25) is 0 Å². The van der Waals surface area contributed by atoms with Crippen LogP contribution >= 0.6 is 15.9 Å². The Labute approximate surface area is 107 Å². The monoisotopic (exact) mass is 293 g/mol. The van der Waals surface area contributed by atoms with Gasteiger partial charge in [-0.3, -0.25) is 4.79 Å². The van der Waals surface area contributed by atoms with Crippen LogP contribution in [0, 0.1) is 0 Å². The molecular weight excluding hydrogens is 282 g/mol. The molecule has 0 saturated heterocycles. The summed E-state index contributed by atoms with van der Waals surface area (Å²) in [6, 6.07) is 11.0. The zero-order valence-corrected chi connectivity index (χ0v) is 10.7. The third-order valence-electron chi connectivity index (χ3n) is 2.36. The van der Waals surface area contributed by atoms with E-state index in [0.29, 0.717) is 13.1 Å². The van der Waals surface area contributed by atoms with E-state index in [4.69, 9.17) is 5.73 Å². The molecule has 0 aliphatic rings. The Balaban J connectivity index is 2.50. The van der Waals surface area contributed by atoms with Gasteiger partial charge in [-0.25, -0.2) is 4.68 Å². The first-order chi connectivity index (χ1) is 8.22. The van der Waals surface area contributed by atoms with Crippen LogP contribution in [0.5, 0.6) is 0 Å². The topological polar surface area (TPSA) is 60.9 Å². The van der Waals surface area contributed by atoms with Gasteiger partial charge in [-0.15, -0.1) is 0 Å². The fraction of sp³-hybridized carbons (Fsp3) is 0.167. The van der Waals surface area contributed by atoms with E-state index in [1.165, 1.54) is 10.7 Å². The lowest BCUT2D eigenvalue weighted by atomic mass is 10.1. The third-order valence-corrected chi connectivity index (χ3v) is 3.05. The Morgan fingerprint density at radius 3 is 2.71 bits per heavy atom. The summed E-state index contributed by atoms with van der Waals surface area (Å²) in [6.45, 7) is 0.823. The Hall–Kier alpha value is -1.46. The van der Waals surface area contributed by atoms with Crippen molar-refractivity contribution < 1.29 is 0 Å². The molecule has 88 valence electrons. The van der Waals surface area contributed by atoms with Gasteiger partial charge in [-0.1, -0.05) is 34.1 Å². The first-order valence-corrected chi connectivity index (χ1v) is 6.05. The van der Waals surface area contributed by atoms with Gasteiger partial charge in [-0.05, 0) is 12.1 Å². The lowest BCUT2D eigenvalue weighted by Crippen LogP contribution is -2.25. The summed E-state index contributed by atoms with van der Waals surface area (Å²) in [4.78, 5) is 11.5. The largest absolute Gasteiger partial charge is 0.329 e. The summed E-state index contributed by atoms with van der Waals surface area (Å²) < 4.78 is 2.33. The van der Waals surface area contributed by atoms with Crippen LogP contribution in [0.3, 0.4) is 0 Å². The van der Waals surface area contributed by atoms with Gasteiger partial charge in [-0.2, -0.15) is 5.10 Å². The SMILES string of the molecule is NCCn1nc(-c2ccccc2Br)ccc1=O. The molecule has 2 rings (SSSR count). The van der Waals surface area contributed by atoms with Crippen LogP contribution in [-0.4, -0.2) is 16.3 Å².